The summed E-state index contributed by atoms with van der Waals surface area (Å²) in [4.78, 5) is 24.7. The van der Waals surface area contributed by atoms with Gasteiger partial charge in [-0.15, -0.1) is 10.2 Å². The molecule has 0 saturated carbocycles. The van der Waals surface area contributed by atoms with Crippen molar-refractivity contribution in [3.05, 3.63) is 99.2 Å². The molecule has 182 valence electrons. The first-order valence-electron chi connectivity index (χ1n) is 11.4. The first-order chi connectivity index (χ1) is 17.8. The molecule has 2 N–H and O–H groups in total. The average molecular weight is 492 g/mol. The monoisotopic (exact) mass is 492 g/mol. The van der Waals surface area contributed by atoms with Gasteiger partial charge >= 0.3 is 5.97 Å². The number of hydrogen-bond acceptors (Lipinski definition) is 8. The highest BCUT2D eigenvalue weighted by Gasteiger charge is 2.20. The minimum absolute atomic E-state index is 0.0294. The van der Waals surface area contributed by atoms with E-state index in [4.69, 9.17) is 14.1 Å². The summed E-state index contributed by atoms with van der Waals surface area (Å²) in [5, 5.41) is 30.2. The second-order valence-electron chi connectivity index (χ2n) is 8.52. The van der Waals surface area contributed by atoms with E-state index in [0.717, 1.165) is 5.56 Å². The molecule has 2 heterocycles. The van der Waals surface area contributed by atoms with Crippen molar-refractivity contribution >= 4 is 22.6 Å². The zero-order chi connectivity index (χ0) is 26.1. The summed E-state index contributed by atoms with van der Waals surface area (Å²) >= 11 is 0. The number of anilines is 1. The van der Waals surface area contributed by atoms with E-state index in [1.807, 2.05) is 19.9 Å². The van der Waals surface area contributed by atoms with Crippen LogP contribution in [-0.4, -0.2) is 21.3 Å². The van der Waals surface area contributed by atoms with E-state index in [1.165, 1.54) is 12.1 Å². The minimum Gasteiger partial charge on any atom is -0.478 e. The van der Waals surface area contributed by atoms with Gasteiger partial charge in [0.25, 0.3) is 5.89 Å². The largest absolute Gasteiger partial charge is 0.478 e. The third-order valence-corrected chi connectivity index (χ3v) is 5.89. The molecular weight excluding hydrogens is 472 g/mol. The highest BCUT2D eigenvalue weighted by molar-refractivity contribution is 5.94. The van der Waals surface area contributed by atoms with Gasteiger partial charge < -0.3 is 19.3 Å². The van der Waals surface area contributed by atoms with Crippen molar-refractivity contribution in [2.75, 3.05) is 5.32 Å². The van der Waals surface area contributed by atoms with E-state index in [9.17, 15) is 14.7 Å². The van der Waals surface area contributed by atoms with E-state index in [-0.39, 0.29) is 28.5 Å². The third kappa shape index (κ3) is 4.56. The van der Waals surface area contributed by atoms with Gasteiger partial charge in [-0.25, -0.2) is 4.79 Å². The lowest BCUT2D eigenvalue weighted by atomic mass is 10.0. The van der Waals surface area contributed by atoms with Crippen molar-refractivity contribution in [1.29, 1.82) is 5.26 Å². The molecule has 0 saturated heterocycles. The average Bonchev–Trinajstić information content (AvgIpc) is 3.39. The molecule has 5 rings (SSSR count). The van der Waals surface area contributed by atoms with Gasteiger partial charge in [-0.2, -0.15) is 5.26 Å². The van der Waals surface area contributed by atoms with Gasteiger partial charge in [0.2, 0.25) is 5.89 Å². The number of carboxylic acids is 1. The number of benzene rings is 3. The Morgan fingerprint density at radius 1 is 1.03 bits per heavy atom. The van der Waals surface area contributed by atoms with Crippen LogP contribution in [-0.2, 0) is 0 Å². The molecule has 9 nitrogen and oxygen atoms in total. The zero-order valence-corrected chi connectivity index (χ0v) is 19.9. The van der Waals surface area contributed by atoms with E-state index in [2.05, 4.69) is 21.6 Å². The first-order valence-corrected chi connectivity index (χ1v) is 11.4. The van der Waals surface area contributed by atoms with Crippen LogP contribution in [0.3, 0.4) is 0 Å². The van der Waals surface area contributed by atoms with Crippen molar-refractivity contribution in [3.8, 4) is 29.2 Å². The number of para-hydroxylation sites is 1. The van der Waals surface area contributed by atoms with E-state index >= 15 is 0 Å². The number of nitriles is 1. The topological polar surface area (TPSA) is 142 Å². The Labute approximate surface area is 210 Å². The summed E-state index contributed by atoms with van der Waals surface area (Å²) in [7, 11) is 0. The smallest absolute Gasteiger partial charge is 0.337 e. The summed E-state index contributed by atoms with van der Waals surface area (Å²) in [5.74, 6) is -0.700. The fourth-order valence-electron chi connectivity index (χ4n) is 4.09. The van der Waals surface area contributed by atoms with E-state index in [1.54, 1.807) is 48.5 Å². The van der Waals surface area contributed by atoms with Gasteiger partial charge in [-0.05, 0) is 61.9 Å². The molecule has 0 aliphatic heterocycles. The van der Waals surface area contributed by atoms with E-state index < -0.39 is 12.0 Å². The Morgan fingerprint density at radius 2 is 1.76 bits per heavy atom. The molecule has 5 aromatic rings. The van der Waals surface area contributed by atoms with Crippen LogP contribution in [0.2, 0.25) is 0 Å². The number of nitrogens with zero attached hydrogens (tertiary/aromatic N) is 3. The lowest BCUT2D eigenvalue weighted by molar-refractivity contribution is 0.0698. The predicted octanol–water partition coefficient (Wildman–Crippen LogP) is 5.56. The molecule has 1 atom stereocenters. The predicted molar refractivity (Wildman–Crippen MR) is 136 cm³/mol. The molecule has 0 spiro atoms. The van der Waals surface area contributed by atoms with Crippen LogP contribution in [0.1, 0.15) is 40.0 Å². The summed E-state index contributed by atoms with van der Waals surface area (Å²) in [6, 6.07) is 19.8. The molecule has 0 bridgehead atoms. The number of carbonyl (C=O) groups is 1. The van der Waals surface area contributed by atoms with Crippen molar-refractivity contribution in [3.63, 3.8) is 0 Å². The highest BCUT2D eigenvalue weighted by Crippen LogP contribution is 2.32. The number of rotatable bonds is 6. The maximum absolute atomic E-state index is 13.1. The number of aryl methyl sites for hydroxylation is 1. The zero-order valence-electron chi connectivity index (χ0n) is 19.9. The molecule has 9 heteroatoms. The minimum atomic E-state index is -1.05. The van der Waals surface area contributed by atoms with Crippen LogP contribution >= 0.6 is 0 Å². The molecule has 0 aliphatic carbocycles. The fourth-order valence-corrected chi connectivity index (χ4v) is 4.09. The number of nitrogens with one attached hydrogen (secondary N) is 1. The number of aromatic nitrogens is 2. The molecule has 0 amide bonds. The summed E-state index contributed by atoms with van der Waals surface area (Å²) < 4.78 is 11.9. The van der Waals surface area contributed by atoms with Crippen molar-refractivity contribution < 1.29 is 18.7 Å². The van der Waals surface area contributed by atoms with Crippen LogP contribution in [0, 0.1) is 18.3 Å². The Kier molecular flexibility index (Phi) is 5.99. The van der Waals surface area contributed by atoms with Crippen LogP contribution in [0.15, 0.2) is 80.4 Å². The standard InChI is InChI=1S/C28H20N4O5/c1-15-11-20(16(2)30-22-6-4-3-5-19(22)28(34)35)25-21(12-15)23(33)13-24(36-25)27-32-31-26(37-27)18-9-7-17(14-29)8-10-18/h3-13,16,30H,1-2H3,(H,34,35). The molecule has 37 heavy (non-hydrogen) atoms. The fraction of sp³-hybridized carbons (Fsp3) is 0.107. The van der Waals surface area contributed by atoms with Gasteiger partial charge in [-0.1, -0.05) is 18.2 Å². The molecule has 0 fully saturated rings. The van der Waals surface area contributed by atoms with Crippen LogP contribution in [0.4, 0.5) is 5.69 Å². The Bertz CT molecular complexity index is 1750. The normalized spacial score (nSPS) is 11.7. The Balaban J connectivity index is 1.56. The Hall–Kier alpha value is -5.23. The second-order valence-corrected chi connectivity index (χ2v) is 8.52. The summed E-state index contributed by atoms with van der Waals surface area (Å²) in [6.07, 6.45) is 0. The second kappa shape index (κ2) is 9.43. The quantitative estimate of drug-likeness (QED) is 0.311. The molecule has 0 aliphatic rings. The highest BCUT2D eigenvalue weighted by atomic mass is 16.4. The molecule has 2 aromatic heterocycles. The van der Waals surface area contributed by atoms with Gasteiger partial charge in [0.05, 0.1) is 28.6 Å². The Morgan fingerprint density at radius 3 is 2.49 bits per heavy atom. The SMILES string of the molecule is Cc1cc(C(C)Nc2ccccc2C(=O)O)c2oc(-c3nnc(-c4ccc(C#N)cc4)o3)cc(=O)c2c1. The maximum Gasteiger partial charge on any atom is 0.337 e. The number of hydrogen-bond donors (Lipinski definition) is 2. The van der Waals surface area contributed by atoms with Gasteiger partial charge in [0.15, 0.2) is 11.2 Å². The molecule has 0 radical (unpaired) electrons. The van der Waals surface area contributed by atoms with Gasteiger partial charge in [0.1, 0.15) is 5.58 Å². The number of carboxylic acid groups (broad SMARTS) is 1. The summed E-state index contributed by atoms with van der Waals surface area (Å²) in [6.45, 7) is 3.73. The first kappa shape index (κ1) is 23.5. The van der Waals surface area contributed by atoms with Crippen LogP contribution in [0.5, 0.6) is 0 Å². The number of aromatic carboxylic acids is 1. The van der Waals surface area contributed by atoms with Crippen molar-refractivity contribution in [2.24, 2.45) is 0 Å². The number of fused-ring (bicyclic) bond motifs is 1. The van der Waals surface area contributed by atoms with Crippen molar-refractivity contribution in [1.82, 2.24) is 10.2 Å². The van der Waals surface area contributed by atoms with Crippen molar-refractivity contribution in [2.45, 2.75) is 19.9 Å². The van der Waals surface area contributed by atoms with E-state index in [0.29, 0.717) is 33.3 Å². The summed E-state index contributed by atoms with van der Waals surface area (Å²) in [5.41, 5.74) is 3.27. The van der Waals surface area contributed by atoms with Crippen LogP contribution < -0.4 is 10.7 Å². The maximum atomic E-state index is 13.1. The molecule has 3 aromatic carbocycles. The third-order valence-electron chi connectivity index (χ3n) is 5.89. The lowest BCUT2D eigenvalue weighted by Gasteiger charge is -2.19. The molecular formula is C28H20N4O5. The van der Waals surface area contributed by atoms with Gasteiger partial charge in [-0.3, -0.25) is 4.79 Å². The van der Waals surface area contributed by atoms with Gasteiger partial charge in [0, 0.05) is 22.9 Å². The van der Waals surface area contributed by atoms with Crippen LogP contribution in [0.25, 0.3) is 34.1 Å². The lowest BCUT2D eigenvalue weighted by Crippen LogP contribution is -2.12. The molecule has 1 unspecified atom stereocenters.